The summed E-state index contributed by atoms with van der Waals surface area (Å²) in [5, 5.41) is 13.5. The summed E-state index contributed by atoms with van der Waals surface area (Å²) in [6.45, 7) is 2.60. The van der Waals surface area contributed by atoms with E-state index in [2.05, 4.69) is 29.6 Å². The second-order valence-corrected chi connectivity index (χ2v) is 5.60. The van der Waals surface area contributed by atoms with E-state index in [0.717, 1.165) is 18.9 Å². The largest absolute Gasteiger partial charge is 0.386 e. The molecule has 1 atom stereocenters. The third-order valence-corrected chi connectivity index (χ3v) is 3.92. The maximum Gasteiger partial charge on any atom is 0.102 e. The molecule has 1 saturated heterocycles. The number of nitrogens with one attached hydrogen (secondary N) is 1. The third-order valence-electron chi connectivity index (χ3n) is 3.92. The van der Waals surface area contributed by atoms with E-state index >= 15 is 0 Å². The van der Waals surface area contributed by atoms with Gasteiger partial charge in [0.1, 0.15) is 5.60 Å². The van der Waals surface area contributed by atoms with Crippen molar-refractivity contribution in [3.63, 3.8) is 0 Å². The van der Waals surface area contributed by atoms with Gasteiger partial charge in [0.15, 0.2) is 0 Å². The van der Waals surface area contributed by atoms with Gasteiger partial charge in [-0.2, -0.15) is 0 Å². The number of ether oxygens (including phenoxy) is 1. The molecule has 3 rings (SSSR count). The average Bonchev–Trinajstić information content (AvgIpc) is 3.13. The smallest absolute Gasteiger partial charge is 0.102 e. The molecule has 1 saturated carbocycles. The quantitative estimate of drug-likeness (QED) is 0.833. The Labute approximate surface area is 108 Å². The van der Waals surface area contributed by atoms with Crippen molar-refractivity contribution < 1.29 is 9.84 Å². The van der Waals surface area contributed by atoms with Gasteiger partial charge in [-0.25, -0.2) is 0 Å². The zero-order chi connectivity index (χ0) is 12.4. The first-order valence-electron chi connectivity index (χ1n) is 6.85. The Balaban J connectivity index is 1.56. The van der Waals surface area contributed by atoms with Crippen LogP contribution in [-0.4, -0.2) is 30.5 Å². The number of benzene rings is 1. The molecule has 1 aliphatic carbocycles. The molecule has 1 aliphatic heterocycles. The summed E-state index contributed by atoms with van der Waals surface area (Å²) in [5.41, 5.74) is 2.20. The Kier molecular flexibility index (Phi) is 3.37. The molecule has 2 aliphatic rings. The van der Waals surface area contributed by atoms with Crippen molar-refractivity contribution in [2.75, 3.05) is 19.8 Å². The van der Waals surface area contributed by atoms with E-state index in [-0.39, 0.29) is 0 Å². The first kappa shape index (κ1) is 12.2. The monoisotopic (exact) mass is 247 g/mol. The van der Waals surface area contributed by atoms with Gasteiger partial charge in [-0.1, -0.05) is 24.3 Å². The summed E-state index contributed by atoms with van der Waals surface area (Å²) in [7, 11) is 0. The topological polar surface area (TPSA) is 41.5 Å². The van der Waals surface area contributed by atoms with Gasteiger partial charge >= 0.3 is 0 Å². The van der Waals surface area contributed by atoms with Crippen LogP contribution in [0.15, 0.2) is 24.3 Å². The minimum absolute atomic E-state index is 0.463. The summed E-state index contributed by atoms with van der Waals surface area (Å²) in [5.74, 6) is 0.779. The average molecular weight is 247 g/mol. The van der Waals surface area contributed by atoms with Crippen molar-refractivity contribution in [1.82, 2.24) is 5.32 Å². The van der Waals surface area contributed by atoms with Crippen LogP contribution in [0.1, 0.15) is 36.3 Å². The maximum absolute atomic E-state index is 10.2. The highest BCUT2D eigenvalue weighted by Crippen LogP contribution is 2.41. The first-order valence-corrected chi connectivity index (χ1v) is 6.85. The SMILES string of the molecule is OC1(CNCc2ccccc2C2CC2)CCOC1. The molecule has 98 valence electrons. The summed E-state index contributed by atoms with van der Waals surface area (Å²) < 4.78 is 5.24. The second kappa shape index (κ2) is 5.00. The molecular weight excluding hydrogens is 226 g/mol. The van der Waals surface area contributed by atoms with E-state index in [1.165, 1.54) is 24.0 Å². The zero-order valence-corrected chi connectivity index (χ0v) is 10.7. The van der Waals surface area contributed by atoms with Gasteiger partial charge in [0.25, 0.3) is 0 Å². The highest BCUT2D eigenvalue weighted by Gasteiger charge is 2.32. The minimum Gasteiger partial charge on any atom is -0.386 e. The lowest BCUT2D eigenvalue weighted by molar-refractivity contribution is 0.0268. The molecule has 1 unspecified atom stereocenters. The molecule has 0 bridgehead atoms. The number of rotatable bonds is 5. The molecule has 0 radical (unpaired) electrons. The van der Waals surface area contributed by atoms with Crippen molar-refractivity contribution in [1.29, 1.82) is 0 Å². The molecule has 0 spiro atoms. The first-order chi connectivity index (χ1) is 8.77. The third kappa shape index (κ3) is 2.74. The molecule has 3 heteroatoms. The Morgan fingerprint density at radius 3 is 2.89 bits per heavy atom. The highest BCUT2D eigenvalue weighted by molar-refractivity contribution is 5.33. The number of hydrogen-bond acceptors (Lipinski definition) is 3. The molecule has 3 nitrogen and oxygen atoms in total. The van der Waals surface area contributed by atoms with Crippen LogP contribution in [0.2, 0.25) is 0 Å². The molecule has 2 fully saturated rings. The van der Waals surface area contributed by atoms with Gasteiger partial charge < -0.3 is 15.2 Å². The lowest BCUT2D eigenvalue weighted by Gasteiger charge is -2.21. The van der Waals surface area contributed by atoms with Crippen molar-refractivity contribution in [2.24, 2.45) is 0 Å². The van der Waals surface area contributed by atoms with E-state index in [1.54, 1.807) is 0 Å². The van der Waals surface area contributed by atoms with Crippen LogP contribution in [0, 0.1) is 0 Å². The Morgan fingerprint density at radius 1 is 1.33 bits per heavy atom. The molecule has 0 amide bonds. The van der Waals surface area contributed by atoms with Gasteiger partial charge in [-0.15, -0.1) is 0 Å². The van der Waals surface area contributed by atoms with E-state index in [4.69, 9.17) is 4.74 Å². The highest BCUT2D eigenvalue weighted by atomic mass is 16.5. The van der Waals surface area contributed by atoms with E-state index in [1.807, 2.05) is 0 Å². The van der Waals surface area contributed by atoms with Crippen LogP contribution >= 0.6 is 0 Å². The molecular formula is C15H21NO2. The van der Waals surface area contributed by atoms with Crippen LogP contribution < -0.4 is 5.32 Å². The van der Waals surface area contributed by atoms with Gasteiger partial charge in [-0.3, -0.25) is 0 Å². The molecule has 1 aromatic rings. The van der Waals surface area contributed by atoms with Gasteiger partial charge in [0.05, 0.1) is 6.61 Å². The Bertz CT molecular complexity index is 409. The second-order valence-electron chi connectivity index (χ2n) is 5.60. The summed E-state index contributed by atoms with van der Waals surface area (Å²) in [6.07, 6.45) is 3.40. The van der Waals surface area contributed by atoms with Crippen LogP contribution in [0.4, 0.5) is 0 Å². The summed E-state index contributed by atoms with van der Waals surface area (Å²) >= 11 is 0. The van der Waals surface area contributed by atoms with Crippen molar-refractivity contribution in [3.8, 4) is 0 Å². The van der Waals surface area contributed by atoms with Gasteiger partial charge in [-0.05, 0) is 29.9 Å². The Hall–Kier alpha value is -0.900. The molecule has 1 heterocycles. The molecule has 18 heavy (non-hydrogen) atoms. The summed E-state index contributed by atoms with van der Waals surface area (Å²) in [6, 6.07) is 8.64. The molecule has 2 N–H and O–H groups in total. The maximum atomic E-state index is 10.2. The lowest BCUT2D eigenvalue weighted by atomic mass is 10.0. The predicted octanol–water partition coefficient (Wildman–Crippen LogP) is 1.80. The predicted molar refractivity (Wildman–Crippen MR) is 70.5 cm³/mol. The van der Waals surface area contributed by atoms with Gasteiger partial charge in [0.2, 0.25) is 0 Å². The van der Waals surface area contributed by atoms with Crippen molar-refractivity contribution >= 4 is 0 Å². The van der Waals surface area contributed by atoms with Crippen LogP contribution in [0.25, 0.3) is 0 Å². The van der Waals surface area contributed by atoms with E-state index in [0.29, 0.717) is 19.8 Å². The minimum atomic E-state index is -0.658. The fraction of sp³-hybridized carbons (Fsp3) is 0.600. The van der Waals surface area contributed by atoms with Crippen LogP contribution in [-0.2, 0) is 11.3 Å². The van der Waals surface area contributed by atoms with Crippen LogP contribution in [0.3, 0.4) is 0 Å². The zero-order valence-electron chi connectivity index (χ0n) is 10.7. The fourth-order valence-corrected chi connectivity index (χ4v) is 2.65. The number of aliphatic hydroxyl groups is 1. The molecule has 0 aromatic heterocycles. The van der Waals surface area contributed by atoms with Crippen molar-refractivity contribution in [3.05, 3.63) is 35.4 Å². The molecule has 1 aromatic carbocycles. The standard InChI is InChI=1S/C15H21NO2/c17-15(7-8-18-11-15)10-16-9-13-3-1-2-4-14(13)12-5-6-12/h1-4,12,16-17H,5-11H2. The van der Waals surface area contributed by atoms with E-state index in [9.17, 15) is 5.11 Å². The number of hydrogen-bond donors (Lipinski definition) is 2. The summed E-state index contributed by atoms with van der Waals surface area (Å²) in [4.78, 5) is 0. The van der Waals surface area contributed by atoms with Crippen LogP contribution in [0.5, 0.6) is 0 Å². The Morgan fingerprint density at radius 2 is 2.17 bits per heavy atom. The lowest BCUT2D eigenvalue weighted by Crippen LogP contribution is -2.40. The fourth-order valence-electron chi connectivity index (χ4n) is 2.65. The van der Waals surface area contributed by atoms with Crippen molar-refractivity contribution in [2.45, 2.75) is 37.3 Å². The van der Waals surface area contributed by atoms with Gasteiger partial charge in [0, 0.05) is 26.1 Å². The normalized spacial score (nSPS) is 27.6. The van der Waals surface area contributed by atoms with E-state index < -0.39 is 5.60 Å².